The van der Waals surface area contributed by atoms with E-state index in [1.807, 2.05) is 24.1 Å². The third kappa shape index (κ3) is 2.94. The Kier molecular flexibility index (Phi) is 4.62. The molecule has 20 heavy (non-hydrogen) atoms. The average molecular weight is 309 g/mol. The fraction of sp³-hybridized carbons (Fsp3) is 0.467. The van der Waals surface area contributed by atoms with Crippen LogP contribution in [-0.2, 0) is 0 Å². The molecule has 106 valence electrons. The van der Waals surface area contributed by atoms with E-state index in [2.05, 4.69) is 6.07 Å². The zero-order valence-corrected chi connectivity index (χ0v) is 13.2. The number of amides is 1. The smallest absolute Gasteiger partial charge is 0.253 e. The molecule has 1 fully saturated rings. The fourth-order valence-electron chi connectivity index (χ4n) is 2.39. The maximum atomic E-state index is 12.4. The molecule has 0 aliphatic carbocycles. The molecule has 0 N–H and O–H groups in total. The standard InChI is InChI=1S/C15H17ClN2OS/c1-11-9-12(3-4-13(11)16)14(19)18-7-5-15(10-17,20-2)6-8-18/h3-4,9H,5-8H2,1-2H3. The highest BCUT2D eigenvalue weighted by Gasteiger charge is 2.35. The van der Waals surface area contributed by atoms with Crippen LogP contribution in [0.4, 0.5) is 0 Å². The number of rotatable bonds is 2. The topological polar surface area (TPSA) is 44.1 Å². The van der Waals surface area contributed by atoms with E-state index in [9.17, 15) is 10.1 Å². The largest absolute Gasteiger partial charge is 0.338 e. The Morgan fingerprint density at radius 2 is 2.10 bits per heavy atom. The van der Waals surface area contributed by atoms with Gasteiger partial charge < -0.3 is 4.90 Å². The molecule has 0 aromatic heterocycles. The van der Waals surface area contributed by atoms with Crippen molar-refractivity contribution in [1.29, 1.82) is 5.26 Å². The summed E-state index contributed by atoms with van der Waals surface area (Å²) in [6, 6.07) is 7.74. The molecule has 1 saturated heterocycles. The van der Waals surface area contributed by atoms with Crippen LogP contribution in [0, 0.1) is 18.3 Å². The van der Waals surface area contributed by atoms with Crippen molar-refractivity contribution in [2.75, 3.05) is 19.3 Å². The van der Waals surface area contributed by atoms with Crippen LogP contribution in [-0.4, -0.2) is 34.9 Å². The molecule has 1 heterocycles. The summed E-state index contributed by atoms with van der Waals surface area (Å²) >= 11 is 7.57. The van der Waals surface area contributed by atoms with Crippen molar-refractivity contribution in [3.8, 4) is 6.07 Å². The highest BCUT2D eigenvalue weighted by Crippen LogP contribution is 2.34. The summed E-state index contributed by atoms with van der Waals surface area (Å²) in [5, 5.41) is 9.93. The summed E-state index contributed by atoms with van der Waals surface area (Å²) in [4.78, 5) is 14.3. The molecule has 0 atom stereocenters. The number of hydrogen-bond acceptors (Lipinski definition) is 3. The molecule has 1 amide bonds. The van der Waals surface area contributed by atoms with E-state index in [-0.39, 0.29) is 10.7 Å². The van der Waals surface area contributed by atoms with Crippen molar-refractivity contribution in [3.63, 3.8) is 0 Å². The van der Waals surface area contributed by atoms with E-state index >= 15 is 0 Å². The van der Waals surface area contributed by atoms with Gasteiger partial charge in [0.05, 0.1) is 6.07 Å². The van der Waals surface area contributed by atoms with E-state index in [0.29, 0.717) is 23.7 Å². The molecule has 1 aliphatic rings. The Morgan fingerprint density at radius 3 is 2.60 bits per heavy atom. The number of nitriles is 1. The van der Waals surface area contributed by atoms with Crippen molar-refractivity contribution in [2.24, 2.45) is 0 Å². The number of likely N-dealkylation sites (tertiary alicyclic amines) is 1. The summed E-state index contributed by atoms with van der Waals surface area (Å²) in [5.74, 6) is 0.0254. The van der Waals surface area contributed by atoms with Gasteiger partial charge in [-0.15, -0.1) is 11.8 Å². The number of halogens is 1. The molecule has 5 heteroatoms. The Hall–Kier alpha value is -1.18. The molecule has 1 aliphatic heterocycles. The number of nitrogens with zero attached hydrogens (tertiary/aromatic N) is 2. The SMILES string of the molecule is CSC1(C#N)CCN(C(=O)c2ccc(Cl)c(C)c2)CC1. The first-order valence-electron chi connectivity index (χ1n) is 6.53. The van der Waals surface area contributed by atoms with E-state index in [4.69, 9.17) is 11.6 Å². The molecular formula is C15H17ClN2OS. The molecule has 0 bridgehead atoms. The Morgan fingerprint density at radius 1 is 1.45 bits per heavy atom. The number of aryl methyl sites for hydroxylation is 1. The van der Waals surface area contributed by atoms with Gasteiger partial charge in [0.15, 0.2) is 0 Å². The first-order valence-corrected chi connectivity index (χ1v) is 8.13. The highest BCUT2D eigenvalue weighted by molar-refractivity contribution is 8.00. The van der Waals surface area contributed by atoms with Gasteiger partial charge in [-0.25, -0.2) is 0 Å². The van der Waals surface area contributed by atoms with Gasteiger partial charge in [0, 0.05) is 23.7 Å². The number of benzene rings is 1. The molecule has 0 saturated carbocycles. The van der Waals surface area contributed by atoms with Crippen LogP contribution in [0.5, 0.6) is 0 Å². The van der Waals surface area contributed by atoms with Crippen LogP contribution in [0.15, 0.2) is 18.2 Å². The second-order valence-corrected chi connectivity index (χ2v) is 6.66. The number of carbonyl (C=O) groups is 1. The monoisotopic (exact) mass is 308 g/mol. The Labute approximate surface area is 128 Å². The summed E-state index contributed by atoms with van der Waals surface area (Å²) < 4.78 is -0.327. The van der Waals surface area contributed by atoms with Gasteiger partial charge >= 0.3 is 0 Å². The maximum absolute atomic E-state index is 12.4. The van der Waals surface area contributed by atoms with Crippen molar-refractivity contribution in [3.05, 3.63) is 34.3 Å². The lowest BCUT2D eigenvalue weighted by Gasteiger charge is -2.36. The van der Waals surface area contributed by atoms with Gasteiger partial charge in [0.1, 0.15) is 4.75 Å². The minimum atomic E-state index is -0.327. The quantitative estimate of drug-likeness (QED) is 0.840. The molecule has 0 spiro atoms. The van der Waals surface area contributed by atoms with E-state index < -0.39 is 0 Å². The normalized spacial score (nSPS) is 17.6. The molecule has 2 rings (SSSR count). The van der Waals surface area contributed by atoms with Crippen molar-refractivity contribution in [1.82, 2.24) is 4.90 Å². The van der Waals surface area contributed by atoms with Gasteiger partial charge in [-0.3, -0.25) is 4.79 Å². The molecule has 0 radical (unpaired) electrons. The van der Waals surface area contributed by atoms with Gasteiger partial charge in [0.25, 0.3) is 5.91 Å². The Balaban J connectivity index is 2.09. The fourth-order valence-corrected chi connectivity index (χ4v) is 3.19. The lowest BCUT2D eigenvalue weighted by atomic mass is 9.96. The molecular weight excluding hydrogens is 292 g/mol. The first kappa shape index (κ1) is 15.2. The number of piperidine rings is 1. The number of thioether (sulfide) groups is 1. The van der Waals surface area contributed by atoms with E-state index in [1.165, 1.54) is 0 Å². The van der Waals surface area contributed by atoms with Crippen LogP contribution >= 0.6 is 23.4 Å². The predicted molar refractivity (Wildman–Crippen MR) is 83.2 cm³/mol. The van der Waals surface area contributed by atoms with Crippen LogP contribution in [0.1, 0.15) is 28.8 Å². The summed E-state index contributed by atoms with van der Waals surface area (Å²) in [5.41, 5.74) is 1.57. The van der Waals surface area contributed by atoms with Gasteiger partial charge in [-0.05, 0) is 49.8 Å². The maximum Gasteiger partial charge on any atom is 0.253 e. The third-order valence-electron chi connectivity index (χ3n) is 3.86. The van der Waals surface area contributed by atoms with Crippen LogP contribution in [0.3, 0.4) is 0 Å². The lowest BCUT2D eigenvalue weighted by Crippen LogP contribution is -2.44. The van der Waals surface area contributed by atoms with Crippen LogP contribution in [0.2, 0.25) is 5.02 Å². The third-order valence-corrected chi connectivity index (χ3v) is 5.56. The second-order valence-electron chi connectivity index (χ2n) is 5.07. The zero-order chi connectivity index (χ0) is 14.8. The number of hydrogen-bond donors (Lipinski definition) is 0. The molecule has 0 unspecified atom stereocenters. The van der Waals surface area contributed by atoms with Gasteiger partial charge in [-0.1, -0.05) is 11.6 Å². The Bertz CT molecular complexity index is 559. The second kappa shape index (κ2) is 6.07. The summed E-state index contributed by atoms with van der Waals surface area (Å²) in [7, 11) is 0. The van der Waals surface area contributed by atoms with Crippen LogP contribution < -0.4 is 0 Å². The van der Waals surface area contributed by atoms with Gasteiger partial charge in [0.2, 0.25) is 0 Å². The van der Waals surface area contributed by atoms with Crippen molar-refractivity contribution in [2.45, 2.75) is 24.5 Å². The van der Waals surface area contributed by atoms with Gasteiger partial charge in [-0.2, -0.15) is 5.26 Å². The van der Waals surface area contributed by atoms with Crippen molar-refractivity contribution < 1.29 is 4.79 Å². The number of carbonyl (C=O) groups excluding carboxylic acids is 1. The predicted octanol–water partition coefficient (Wildman–Crippen LogP) is 3.51. The minimum Gasteiger partial charge on any atom is -0.338 e. The van der Waals surface area contributed by atoms with Crippen LogP contribution in [0.25, 0.3) is 0 Å². The van der Waals surface area contributed by atoms with E-state index in [0.717, 1.165) is 18.4 Å². The molecule has 3 nitrogen and oxygen atoms in total. The summed E-state index contributed by atoms with van der Waals surface area (Å²) in [6.07, 6.45) is 3.41. The first-order chi connectivity index (χ1) is 9.51. The van der Waals surface area contributed by atoms with E-state index in [1.54, 1.807) is 23.9 Å². The highest BCUT2D eigenvalue weighted by atomic mass is 35.5. The lowest BCUT2D eigenvalue weighted by molar-refractivity contribution is 0.0716. The molecule has 1 aromatic carbocycles. The zero-order valence-electron chi connectivity index (χ0n) is 11.6. The van der Waals surface area contributed by atoms with Crippen molar-refractivity contribution >= 4 is 29.3 Å². The molecule has 1 aromatic rings. The summed E-state index contributed by atoms with van der Waals surface area (Å²) in [6.45, 7) is 3.16. The average Bonchev–Trinajstić information content (AvgIpc) is 2.49. The minimum absolute atomic E-state index is 0.0254.